The number of hydrogen-bond donors (Lipinski definition) is 0. The lowest BCUT2D eigenvalue weighted by molar-refractivity contribution is 0.415. The molecule has 0 atom stereocenters. The molecule has 0 saturated carbocycles. The number of nitrogens with zero attached hydrogens (tertiary/aromatic N) is 3. The SMILES string of the molecule is COc1cccc(-c2nc(-c3ccccc3)c3cc(-n4c5c(c6ccccc64)-c4ccccc4C5(C)C)ccc3n2)c1. The molecule has 2 heterocycles. The Morgan fingerprint density at radius 3 is 2.29 bits per heavy atom. The zero-order chi connectivity index (χ0) is 28.4. The van der Waals surface area contributed by atoms with Crippen LogP contribution in [0.2, 0.25) is 0 Å². The maximum Gasteiger partial charge on any atom is 0.160 e. The first-order valence-electron chi connectivity index (χ1n) is 14.3. The summed E-state index contributed by atoms with van der Waals surface area (Å²) in [5.74, 6) is 1.46. The van der Waals surface area contributed by atoms with Gasteiger partial charge in [-0.1, -0.05) is 98.8 Å². The van der Waals surface area contributed by atoms with Crippen molar-refractivity contribution in [3.63, 3.8) is 0 Å². The predicted octanol–water partition coefficient (Wildman–Crippen LogP) is 9.22. The van der Waals surface area contributed by atoms with Gasteiger partial charge in [0, 0.05) is 44.3 Å². The molecule has 4 heteroatoms. The van der Waals surface area contributed by atoms with Crippen molar-refractivity contribution in [1.29, 1.82) is 0 Å². The Morgan fingerprint density at radius 1 is 0.667 bits per heavy atom. The van der Waals surface area contributed by atoms with Gasteiger partial charge >= 0.3 is 0 Å². The van der Waals surface area contributed by atoms with E-state index in [4.69, 9.17) is 14.7 Å². The largest absolute Gasteiger partial charge is 0.497 e. The molecule has 0 aliphatic heterocycles. The van der Waals surface area contributed by atoms with Gasteiger partial charge in [-0.15, -0.1) is 0 Å². The van der Waals surface area contributed by atoms with Crippen LogP contribution in [0.5, 0.6) is 5.75 Å². The van der Waals surface area contributed by atoms with Gasteiger partial charge in [-0.25, -0.2) is 9.97 Å². The molecule has 0 radical (unpaired) electrons. The highest BCUT2D eigenvalue weighted by molar-refractivity contribution is 6.04. The van der Waals surface area contributed by atoms with Crippen LogP contribution in [0.1, 0.15) is 25.1 Å². The van der Waals surface area contributed by atoms with Gasteiger partial charge in [-0.05, 0) is 47.5 Å². The second-order valence-electron chi connectivity index (χ2n) is 11.4. The highest BCUT2D eigenvalue weighted by atomic mass is 16.5. The second kappa shape index (κ2) is 9.15. The molecule has 1 aliphatic rings. The summed E-state index contributed by atoms with van der Waals surface area (Å²) >= 11 is 0. The van der Waals surface area contributed by atoms with Crippen molar-refractivity contribution in [2.75, 3.05) is 7.11 Å². The van der Waals surface area contributed by atoms with E-state index in [9.17, 15) is 0 Å². The van der Waals surface area contributed by atoms with E-state index in [2.05, 4.69) is 109 Å². The fraction of sp³-hybridized carbons (Fsp3) is 0.105. The fourth-order valence-electron chi connectivity index (χ4n) is 6.71. The lowest BCUT2D eigenvalue weighted by Gasteiger charge is -2.25. The van der Waals surface area contributed by atoms with E-state index in [0.717, 1.165) is 39.2 Å². The minimum Gasteiger partial charge on any atom is -0.497 e. The van der Waals surface area contributed by atoms with Crippen LogP contribution in [0.25, 0.3) is 61.3 Å². The smallest absolute Gasteiger partial charge is 0.160 e. The number of methoxy groups -OCH3 is 1. The Morgan fingerprint density at radius 2 is 1.43 bits per heavy atom. The van der Waals surface area contributed by atoms with Gasteiger partial charge in [0.15, 0.2) is 5.82 Å². The van der Waals surface area contributed by atoms with Gasteiger partial charge in [-0.2, -0.15) is 0 Å². The summed E-state index contributed by atoms with van der Waals surface area (Å²) in [4.78, 5) is 10.2. The van der Waals surface area contributed by atoms with E-state index in [1.54, 1.807) is 7.11 Å². The molecule has 5 aromatic carbocycles. The van der Waals surface area contributed by atoms with Crippen LogP contribution in [0.15, 0.2) is 121 Å². The highest BCUT2D eigenvalue weighted by Gasteiger charge is 2.40. The van der Waals surface area contributed by atoms with E-state index < -0.39 is 0 Å². The quantitative estimate of drug-likeness (QED) is 0.222. The average molecular weight is 544 g/mol. The molecule has 8 rings (SSSR count). The van der Waals surface area contributed by atoms with Crippen molar-refractivity contribution in [2.24, 2.45) is 0 Å². The van der Waals surface area contributed by atoms with Crippen molar-refractivity contribution >= 4 is 21.8 Å². The topological polar surface area (TPSA) is 39.9 Å². The number of benzene rings is 5. The van der Waals surface area contributed by atoms with Gasteiger partial charge < -0.3 is 9.30 Å². The number of aromatic nitrogens is 3. The summed E-state index contributed by atoms with van der Waals surface area (Å²) in [6.45, 7) is 4.68. The summed E-state index contributed by atoms with van der Waals surface area (Å²) in [6, 6.07) is 42.5. The van der Waals surface area contributed by atoms with Crippen LogP contribution in [-0.4, -0.2) is 21.6 Å². The summed E-state index contributed by atoms with van der Waals surface area (Å²) in [5, 5.41) is 2.30. The van der Waals surface area contributed by atoms with E-state index in [0.29, 0.717) is 5.82 Å². The number of fused-ring (bicyclic) bond motifs is 6. The zero-order valence-electron chi connectivity index (χ0n) is 23.8. The highest BCUT2D eigenvalue weighted by Crippen LogP contribution is 2.53. The Bertz CT molecular complexity index is 2160. The number of para-hydroxylation sites is 1. The predicted molar refractivity (Wildman–Crippen MR) is 171 cm³/mol. The van der Waals surface area contributed by atoms with Crippen LogP contribution < -0.4 is 4.74 Å². The monoisotopic (exact) mass is 543 g/mol. The van der Waals surface area contributed by atoms with E-state index in [-0.39, 0.29) is 5.41 Å². The molecule has 0 bridgehead atoms. The van der Waals surface area contributed by atoms with Crippen molar-refractivity contribution < 1.29 is 4.74 Å². The third kappa shape index (κ3) is 3.55. The summed E-state index contributed by atoms with van der Waals surface area (Å²) in [5.41, 5.74) is 11.3. The van der Waals surface area contributed by atoms with Crippen LogP contribution in [0.4, 0.5) is 0 Å². The minimum absolute atomic E-state index is 0.158. The van der Waals surface area contributed by atoms with Crippen molar-refractivity contribution in [3.8, 4) is 45.2 Å². The third-order valence-electron chi connectivity index (χ3n) is 8.65. The molecule has 4 nitrogen and oxygen atoms in total. The Hall–Kier alpha value is -5.22. The van der Waals surface area contributed by atoms with Crippen LogP contribution in [0.3, 0.4) is 0 Å². The lowest BCUT2D eigenvalue weighted by Crippen LogP contribution is -2.19. The third-order valence-corrected chi connectivity index (χ3v) is 8.65. The number of rotatable bonds is 4. The van der Waals surface area contributed by atoms with Gasteiger partial charge in [0.05, 0.1) is 23.8 Å². The molecule has 0 unspecified atom stereocenters. The van der Waals surface area contributed by atoms with Crippen molar-refractivity contribution in [1.82, 2.24) is 14.5 Å². The molecule has 0 fully saturated rings. The van der Waals surface area contributed by atoms with Crippen molar-refractivity contribution in [2.45, 2.75) is 19.3 Å². The molecule has 0 amide bonds. The Kier molecular flexibility index (Phi) is 5.35. The summed E-state index contributed by atoms with van der Waals surface area (Å²) in [7, 11) is 1.68. The molecular formula is C38H29N3O. The first-order valence-corrected chi connectivity index (χ1v) is 14.3. The van der Waals surface area contributed by atoms with E-state index in [1.807, 2.05) is 30.3 Å². The maximum atomic E-state index is 5.49. The number of ether oxygens (including phenoxy) is 1. The summed E-state index contributed by atoms with van der Waals surface area (Å²) in [6.07, 6.45) is 0. The van der Waals surface area contributed by atoms with Crippen molar-refractivity contribution in [3.05, 3.63) is 133 Å². The molecular weight excluding hydrogens is 514 g/mol. The van der Waals surface area contributed by atoms with Gasteiger partial charge in [-0.3, -0.25) is 0 Å². The maximum absolute atomic E-state index is 5.49. The van der Waals surface area contributed by atoms with Gasteiger partial charge in [0.25, 0.3) is 0 Å². The molecule has 202 valence electrons. The summed E-state index contributed by atoms with van der Waals surface area (Å²) < 4.78 is 7.94. The molecule has 0 saturated heterocycles. The fourth-order valence-corrected chi connectivity index (χ4v) is 6.71. The Labute approximate surface area is 244 Å². The molecule has 7 aromatic rings. The first kappa shape index (κ1) is 24.6. The average Bonchev–Trinajstić information content (AvgIpc) is 3.51. The second-order valence-corrected chi connectivity index (χ2v) is 11.4. The minimum atomic E-state index is -0.158. The molecule has 42 heavy (non-hydrogen) atoms. The molecule has 0 spiro atoms. The van der Waals surface area contributed by atoms with E-state index >= 15 is 0 Å². The lowest BCUT2D eigenvalue weighted by atomic mass is 9.85. The zero-order valence-corrected chi connectivity index (χ0v) is 23.8. The van der Waals surface area contributed by atoms with Gasteiger partial charge in [0.2, 0.25) is 0 Å². The van der Waals surface area contributed by atoms with E-state index in [1.165, 1.54) is 33.3 Å². The molecule has 2 aromatic heterocycles. The Balaban J connectivity index is 1.41. The molecule has 1 aliphatic carbocycles. The molecule has 0 N–H and O–H groups in total. The number of hydrogen-bond acceptors (Lipinski definition) is 3. The van der Waals surface area contributed by atoms with Crippen LogP contribution in [0, 0.1) is 0 Å². The van der Waals surface area contributed by atoms with Gasteiger partial charge in [0.1, 0.15) is 5.75 Å². The van der Waals surface area contributed by atoms with Crippen LogP contribution in [-0.2, 0) is 5.41 Å². The first-order chi connectivity index (χ1) is 20.5. The van der Waals surface area contributed by atoms with Crippen LogP contribution >= 0.6 is 0 Å². The standard InChI is InChI=1S/C38H29N3O/c1-38(2)31-18-9-7-16-28(31)34-29-17-8-10-19-33(29)41(36(34)38)26-20-21-32-30(23-26)35(24-12-5-4-6-13-24)40-37(39-32)25-14-11-15-27(22-25)42-3/h4-23H,1-3H3. The normalized spacial score (nSPS) is 13.3.